The molecule has 0 saturated heterocycles. The molecule has 1 aromatic rings. The molecule has 1 N–H and O–H groups in total. The molecule has 1 aromatic carbocycles. The topological polar surface area (TPSA) is 38.7 Å². The predicted octanol–water partition coefficient (Wildman–Crippen LogP) is 1.48. The second kappa shape index (κ2) is 4.03. The monoisotopic (exact) mass is 240 g/mol. The molecule has 1 aliphatic heterocycles. The third-order valence-electron chi connectivity index (χ3n) is 2.41. The average molecular weight is 240 g/mol. The maximum absolute atomic E-state index is 9.02. The Kier molecular flexibility index (Phi) is 2.86. The maximum atomic E-state index is 9.02. The molecule has 88 valence electrons. The fourth-order valence-electron chi connectivity index (χ4n) is 1.49. The largest absolute Gasteiger partial charge is 0.486 e. The van der Waals surface area contributed by atoms with E-state index in [1.54, 1.807) is 0 Å². The summed E-state index contributed by atoms with van der Waals surface area (Å²) < 4.78 is 11.1. The number of rotatable bonds is 2. The van der Waals surface area contributed by atoms with Gasteiger partial charge in [-0.2, -0.15) is 9.21 Å². The molecule has 4 heteroatoms. The average Bonchev–Trinajstić information content (AvgIpc) is 2.26. The number of fused-ring (bicyclic) bond motifs is 1. The normalized spacial score (nSPS) is 19.5. The SMILES string of the molecule is C=S(=C)(C)c1ccc2c(c1)OC(CO)CO2. The van der Waals surface area contributed by atoms with Crippen molar-refractivity contribution in [3.63, 3.8) is 0 Å². The van der Waals surface area contributed by atoms with Gasteiger partial charge in [-0.3, -0.25) is 0 Å². The van der Waals surface area contributed by atoms with Crippen molar-refractivity contribution >= 4 is 20.9 Å². The van der Waals surface area contributed by atoms with Crippen molar-refractivity contribution in [2.24, 2.45) is 0 Å². The third kappa shape index (κ3) is 2.18. The summed E-state index contributed by atoms with van der Waals surface area (Å²) in [6.07, 6.45) is 1.74. The number of aliphatic hydroxyl groups is 1. The van der Waals surface area contributed by atoms with E-state index in [0.717, 1.165) is 10.6 Å². The first-order valence-electron chi connectivity index (χ1n) is 4.99. The lowest BCUT2D eigenvalue weighted by Gasteiger charge is -2.26. The van der Waals surface area contributed by atoms with Gasteiger partial charge in [-0.25, -0.2) is 0 Å². The predicted molar refractivity (Wildman–Crippen MR) is 69.5 cm³/mol. The smallest absolute Gasteiger partial charge is 0.163 e. The Hall–Kier alpha value is -1.13. The van der Waals surface area contributed by atoms with Crippen LogP contribution in [0.2, 0.25) is 0 Å². The van der Waals surface area contributed by atoms with Gasteiger partial charge in [0, 0.05) is 0 Å². The fourth-order valence-corrected chi connectivity index (χ4v) is 2.28. The van der Waals surface area contributed by atoms with Crippen LogP contribution in [0.3, 0.4) is 0 Å². The third-order valence-corrected chi connectivity index (χ3v) is 3.80. The highest BCUT2D eigenvalue weighted by Gasteiger charge is 2.20. The highest BCUT2D eigenvalue weighted by Crippen LogP contribution is 2.38. The second-order valence-corrected chi connectivity index (χ2v) is 7.14. The van der Waals surface area contributed by atoms with E-state index in [1.807, 2.05) is 24.5 Å². The van der Waals surface area contributed by atoms with Gasteiger partial charge in [-0.05, 0) is 29.4 Å². The van der Waals surface area contributed by atoms with E-state index in [2.05, 4.69) is 11.7 Å². The number of benzene rings is 1. The van der Waals surface area contributed by atoms with E-state index < -0.39 is 9.21 Å². The molecular formula is C12H16O3S. The van der Waals surface area contributed by atoms with E-state index >= 15 is 0 Å². The summed E-state index contributed by atoms with van der Waals surface area (Å²) in [7, 11) is -1.26. The molecule has 2 rings (SSSR count). The molecule has 3 nitrogen and oxygen atoms in total. The summed E-state index contributed by atoms with van der Waals surface area (Å²) in [5, 5.41) is 9.02. The lowest BCUT2D eigenvalue weighted by molar-refractivity contribution is 0.0454. The Morgan fingerprint density at radius 1 is 1.44 bits per heavy atom. The van der Waals surface area contributed by atoms with E-state index in [-0.39, 0.29) is 12.7 Å². The van der Waals surface area contributed by atoms with Crippen LogP contribution in [0.5, 0.6) is 11.5 Å². The van der Waals surface area contributed by atoms with Crippen LogP contribution >= 0.6 is 9.21 Å². The van der Waals surface area contributed by atoms with E-state index in [4.69, 9.17) is 14.6 Å². The zero-order valence-electron chi connectivity index (χ0n) is 9.31. The van der Waals surface area contributed by atoms with Crippen molar-refractivity contribution in [3.8, 4) is 11.5 Å². The van der Waals surface area contributed by atoms with Crippen LogP contribution in [0, 0.1) is 0 Å². The van der Waals surface area contributed by atoms with Gasteiger partial charge in [0.25, 0.3) is 0 Å². The van der Waals surface area contributed by atoms with Crippen LogP contribution < -0.4 is 9.47 Å². The molecule has 16 heavy (non-hydrogen) atoms. The minimum atomic E-state index is -1.26. The quantitative estimate of drug-likeness (QED) is 0.796. The van der Waals surface area contributed by atoms with Crippen LogP contribution in [0.25, 0.3) is 0 Å². The highest BCUT2D eigenvalue weighted by atomic mass is 32.2. The van der Waals surface area contributed by atoms with Gasteiger partial charge in [-0.15, -0.1) is 0 Å². The summed E-state index contributed by atoms with van der Waals surface area (Å²) in [5.74, 6) is 9.50. The minimum absolute atomic E-state index is 0.0391. The van der Waals surface area contributed by atoms with Crippen LogP contribution in [0.1, 0.15) is 0 Å². The van der Waals surface area contributed by atoms with Crippen LogP contribution in [-0.4, -0.2) is 42.4 Å². The first kappa shape index (κ1) is 11.4. The van der Waals surface area contributed by atoms with Crippen molar-refractivity contribution in [3.05, 3.63) is 18.2 Å². The minimum Gasteiger partial charge on any atom is -0.486 e. The number of aliphatic hydroxyl groups excluding tert-OH is 1. The van der Waals surface area contributed by atoms with Gasteiger partial charge in [0.1, 0.15) is 6.61 Å². The zero-order valence-corrected chi connectivity index (χ0v) is 10.1. The standard InChI is InChI=1S/C12H16O3S/c1-16(2,3)10-4-5-11-12(6-10)15-9(7-13)8-14-11/h4-6,9,13H,1-2,7-8H2,3H3. The van der Waals surface area contributed by atoms with Gasteiger partial charge in [0.05, 0.1) is 6.61 Å². The molecule has 1 heterocycles. The maximum Gasteiger partial charge on any atom is 0.163 e. The summed E-state index contributed by atoms with van der Waals surface area (Å²) >= 11 is 0. The number of ether oxygens (including phenoxy) is 2. The molecule has 0 saturated carbocycles. The zero-order chi connectivity index (χ0) is 11.8. The molecule has 1 aliphatic rings. The first-order chi connectivity index (χ1) is 7.50. The molecule has 0 bridgehead atoms. The molecule has 0 spiro atoms. The first-order valence-corrected chi connectivity index (χ1v) is 7.37. The molecule has 0 aliphatic carbocycles. The molecule has 0 aromatic heterocycles. The molecule has 0 fully saturated rings. The van der Waals surface area contributed by atoms with Gasteiger partial charge >= 0.3 is 0 Å². The van der Waals surface area contributed by atoms with Crippen molar-refractivity contribution < 1.29 is 14.6 Å². The Morgan fingerprint density at radius 2 is 2.19 bits per heavy atom. The molecule has 1 unspecified atom stereocenters. The summed E-state index contributed by atoms with van der Waals surface area (Å²) in [6, 6.07) is 5.75. The molecule has 1 atom stereocenters. The molecule has 0 radical (unpaired) electrons. The summed E-state index contributed by atoms with van der Waals surface area (Å²) in [5.41, 5.74) is 0. The summed E-state index contributed by atoms with van der Waals surface area (Å²) in [6.45, 7) is 0.351. The van der Waals surface area contributed by atoms with Crippen molar-refractivity contribution in [1.29, 1.82) is 0 Å². The summed E-state index contributed by atoms with van der Waals surface area (Å²) in [4.78, 5) is 1.06. The lowest BCUT2D eigenvalue weighted by Crippen LogP contribution is -2.32. The Bertz CT molecular complexity index is 491. The Labute approximate surface area is 96.1 Å². The van der Waals surface area contributed by atoms with Gasteiger partial charge < -0.3 is 14.6 Å². The lowest BCUT2D eigenvalue weighted by atomic mass is 10.2. The van der Waals surface area contributed by atoms with E-state index in [9.17, 15) is 0 Å². The van der Waals surface area contributed by atoms with Crippen molar-refractivity contribution in [2.75, 3.05) is 19.5 Å². The van der Waals surface area contributed by atoms with Crippen LogP contribution in [-0.2, 0) is 0 Å². The van der Waals surface area contributed by atoms with E-state index in [0.29, 0.717) is 12.4 Å². The Balaban J connectivity index is 2.38. The van der Waals surface area contributed by atoms with Gasteiger partial charge in [0.15, 0.2) is 17.6 Å². The van der Waals surface area contributed by atoms with Gasteiger partial charge in [-0.1, -0.05) is 11.7 Å². The van der Waals surface area contributed by atoms with Gasteiger partial charge in [0.2, 0.25) is 0 Å². The highest BCUT2D eigenvalue weighted by molar-refractivity contribution is 8.27. The molecular weight excluding hydrogens is 224 g/mol. The number of hydrogen-bond donors (Lipinski definition) is 1. The fraction of sp³-hybridized carbons (Fsp3) is 0.333. The Morgan fingerprint density at radius 3 is 2.81 bits per heavy atom. The second-order valence-electron chi connectivity index (χ2n) is 4.12. The van der Waals surface area contributed by atoms with Crippen LogP contribution in [0.15, 0.2) is 23.1 Å². The van der Waals surface area contributed by atoms with Crippen molar-refractivity contribution in [1.82, 2.24) is 0 Å². The van der Waals surface area contributed by atoms with Crippen molar-refractivity contribution in [2.45, 2.75) is 11.0 Å². The molecule has 0 amide bonds. The number of hydrogen-bond acceptors (Lipinski definition) is 3. The van der Waals surface area contributed by atoms with Crippen LogP contribution in [0.4, 0.5) is 0 Å². The van der Waals surface area contributed by atoms with E-state index in [1.165, 1.54) is 0 Å².